The Morgan fingerprint density at radius 1 is 1.19 bits per heavy atom. The van der Waals surface area contributed by atoms with Gasteiger partial charge in [-0.25, -0.2) is 18.9 Å². The number of carbonyl (C=O) groups is 2. The number of amides is 1. The van der Waals surface area contributed by atoms with Gasteiger partial charge >= 0.3 is 5.97 Å². The zero-order valence-corrected chi connectivity index (χ0v) is 19.5. The van der Waals surface area contributed by atoms with Gasteiger partial charge in [-0.3, -0.25) is 9.69 Å². The van der Waals surface area contributed by atoms with Crippen LogP contribution in [0, 0.1) is 19.7 Å². The number of ether oxygens (including phenoxy) is 1. The van der Waals surface area contributed by atoms with E-state index in [2.05, 4.69) is 17.0 Å². The molecule has 3 rings (SSSR count). The van der Waals surface area contributed by atoms with Gasteiger partial charge < -0.3 is 4.74 Å². The lowest BCUT2D eigenvalue weighted by molar-refractivity contribution is 0.0531. The number of halogens is 1. The summed E-state index contributed by atoms with van der Waals surface area (Å²) in [6.45, 7) is 7.99. The first-order chi connectivity index (χ1) is 15.4. The highest BCUT2D eigenvalue weighted by atomic mass is 32.1. The van der Waals surface area contributed by atoms with Crippen LogP contribution in [0.1, 0.15) is 64.5 Å². The number of nitrogens with zero attached hydrogens (tertiary/aromatic N) is 4. The highest BCUT2D eigenvalue weighted by Crippen LogP contribution is 2.29. The van der Waals surface area contributed by atoms with E-state index in [4.69, 9.17) is 4.74 Å². The fraction of sp³-hybridized carbons (Fsp3) is 0.391. The van der Waals surface area contributed by atoms with E-state index in [1.165, 1.54) is 16.9 Å². The molecule has 1 aromatic carbocycles. The predicted octanol–water partition coefficient (Wildman–Crippen LogP) is 5.10. The highest BCUT2D eigenvalue weighted by molar-refractivity contribution is 7.17. The molecule has 0 radical (unpaired) electrons. The van der Waals surface area contributed by atoms with Gasteiger partial charge in [-0.1, -0.05) is 43.2 Å². The lowest BCUT2D eigenvalue weighted by Gasteiger charge is -2.19. The third kappa shape index (κ3) is 4.88. The Bertz CT molecular complexity index is 1110. The number of esters is 1. The van der Waals surface area contributed by atoms with E-state index >= 15 is 0 Å². The number of unbranched alkanes of at least 4 members (excludes halogenated alkanes) is 2. The van der Waals surface area contributed by atoms with Crippen molar-refractivity contribution in [3.63, 3.8) is 0 Å². The molecule has 170 valence electrons. The van der Waals surface area contributed by atoms with Crippen molar-refractivity contribution in [2.45, 2.75) is 47.0 Å². The molecule has 0 atom stereocenters. The van der Waals surface area contributed by atoms with E-state index in [0.717, 1.165) is 30.6 Å². The van der Waals surface area contributed by atoms with Crippen molar-refractivity contribution in [1.82, 2.24) is 14.8 Å². The van der Waals surface area contributed by atoms with Crippen LogP contribution in [0.4, 0.5) is 9.52 Å². The van der Waals surface area contributed by atoms with Gasteiger partial charge in [-0.2, -0.15) is 5.10 Å². The van der Waals surface area contributed by atoms with Crippen LogP contribution in [-0.2, 0) is 4.74 Å². The van der Waals surface area contributed by atoms with Crippen molar-refractivity contribution in [3.05, 3.63) is 58.1 Å². The summed E-state index contributed by atoms with van der Waals surface area (Å²) in [6.07, 6.45) is 4.18. The fourth-order valence-corrected chi connectivity index (χ4v) is 4.30. The molecule has 0 aliphatic carbocycles. The van der Waals surface area contributed by atoms with Crippen LogP contribution < -0.4 is 4.90 Å². The molecule has 7 nitrogen and oxygen atoms in total. The smallest absolute Gasteiger partial charge is 0.350 e. The lowest BCUT2D eigenvalue weighted by atomic mass is 10.2. The zero-order valence-electron chi connectivity index (χ0n) is 18.7. The zero-order chi connectivity index (χ0) is 23.3. The van der Waals surface area contributed by atoms with Crippen molar-refractivity contribution < 1.29 is 18.7 Å². The predicted molar refractivity (Wildman–Crippen MR) is 122 cm³/mol. The summed E-state index contributed by atoms with van der Waals surface area (Å²) in [4.78, 5) is 32.2. The number of para-hydroxylation sites is 1. The van der Waals surface area contributed by atoms with Gasteiger partial charge in [0.15, 0.2) is 5.13 Å². The molecule has 2 heterocycles. The van der Waals surface area contributed by atoms with E-state index in [-0.39, 0.29) is 18.2 Å². The quantitative estimate of drug-likeness (QED) is 0.329. The summed E-state index contributed by atoms with van der Waals surface area (Å²) in [5, 5.41) is 4.69. The van der Waals surface area contributed by atoms with Crippen LogP contribution in [0.3, 0.4) is 0 Å². The summed E-state index contributed by atoms with van der Waals surface area (Å²) in [5.41, 5.74) is 1.68. The second-order valence-electron chi connectivity index (χ2n) is 7.30. The first kappa shape index (κ1) is 23.6. The van der Waals surface area contributed by atoms with E-state index in [0.29, 0.717) is 33.5 Å². The second-order valence-corrected chi connectivity index (χ2v) is 8.28. The molecule has 32 heavy (non-hydrogen) atoms. The molecule has 3 aromatic rings. The molecule has 0 fully saturated rings. The minimum Gasteiger partial charge on any atom is -0.462 e. The molecular weight excluding hydrogens is 431 g/mol. The Kier molecular flexibility index (Phi) is 7.74. The molecule has 0 N–H and O–H groups in total. The van der Waals surface area contributed by atoms with Crippen LogP contribution in [0.5, 0.6) is 0 Å². The van der Waals surface area contributed by atoms with Gasteiger partial charge in [0.05, 0.1) is 29.8 Å². The van der Waals surface area contributed by atoms with Crippen molar-refractivity contribution in [2.24, 2.45) is 0 Å². The second kappa shape index (κ2) is 10.5. The van der Waals surface area contributed by atoms with E-state index in [1.54, 1.807) is 43.9 Å². The molecule has 0 saturated heterocycles. The van der Waals surface area contributed by atoms with Crippen LogP contribution in [-0.4, -0.2) is 39.8 Å². The summed E-state index contributed by atoms with van der Waals surface area (Å²) >= 11 is 1.14. The summed E-state index contributed by atoms with van der Waals surface area (Å²) in [5.74, 6) is -1.16. The Labute approximate surface area is 190 Å². The minimum atomic E-state index is -0.446. The maximum Gasteiger partial charge on any atom is 0.350 e. The standard InChI is InChI=1S/C23H27FN4O3S/c1-5-7-10-13-27(23-26-15(3)20(32-23)22(30)31-6-2)21(29)17-14-25-28(16(17)4)19-12-9-8-11-18(19)24/h8-9,11-12,14H,5-7,10,13H2,1-4H3. The number of rotatable bonds is 9. The number of carbonyl (C=O) groups excluding carboxylic acids is 2. The Hall–Kier alpha value is -3.07. The van der Waals surface area contributed by atoms with E-state index in [1.807, 2.05) is 0 Å². The number of anilines is 1. The van der Waals surface area contributed by atoms with Crippen LogP contribution in [0.25, 0.3) is 5.69 Å². The third-order valence-electron chi connectivity index (χ3n) is 5.03. The molecule has 2 aromatic heterocycles. The van der Waals surface area contributed by atoms with E-state index < -0.39 is 11.8 Å². The number of hydrogen-bond acceptors (Lipinski definition) is 6. The van der Waals surface area contributed by atoms with Gasteiger partial charge in [-0.05, 0) is 39.3 Å². The fourth-order valence-electron chi connectivity index (χ4n) is 3.32. The largest absolute Gasteiger partial charge is 0.462 e. The monoisotopic (exact) mass is 458 g/mol. The molecule has 0 saturated carbocycles. The van der Waals surface area contributed by atoms with Crippen LogP contribution in [0.2, 0.25) is 0 Å². The highest BCUT2D eigenvalue weighted by Gasteiger charge is 2.27. The van der Waals surface area contributed by atoms with Crippen molar-refractivity contribution in [3.8, 4) is 5.69 Å². The maximum absolute atomic E-state index is 14.3. The number of benzene rings is 1. The molecule has 0 spiro atoms. The van der Waals surface area contributed by atoms with Crippen molar-refractivity contribution in [2.75, 3.05) is 18.1 Å². The SMILES string of the molecule is CCCCCN(C(=O)c1cnn(-c2ccccc2F)c1C)c1nc(C)c(C(=O)OCC)s1. The molecule has 0 aliphatic heterocycles. The summed E-state index contributed by atoms with van der Waals surface area (Å²) in [6, 6.07) is 6.28. The van der Waals surface area contributed by atoms with Gasteiger partial charge in [0.1, 0.15) is 16.4 Å². The third-order valence-corrected chi connectivity index (χ3v) is 6.19. The van der Waals surface area contributed by atoms with Gasteiger partial charge in [0, 0.05) is 6.54 Å². The van der Waals surface area contributed by atoms with Gasteiger partial charge in [0.25, 0.3) is 5.91 Å². The summed E-state index contributed by atoms with van der Waals surface area (Å²) in [7, 11) is 0. The molecule has 0 bridgehead atoms. The Morgan fingerprint density at radius 3 is 2.62 bits per heavy atom. The summed E-state index contributed by atoms with van der Waals surface area (Å²) < 4.78 is 20.8. The molecule has 0 unspecified atom stereocenters. The average Bonchev–Trinajstić information content (AvgIpc) is 3.34. The first-order valence-electron chi connectivity index (χ1n) is 10.6. The molecule has 0 aliphatic rings. The van der Waals surface area contributed by atoms with E-state index in [9.17, 15) is 14.0 Å². The minimum absolute atomic E-state index is 0.263. The maximum atomic E-state index is 14.3. The first-order valence-corrected chi connectivity index (χ1v) is 11.5. The van der Waals surface area contributed by atoms with Crippen LogP contribution >= 0.6 is 11.3 Å². The van der Waals surface area contributed by atoms with Crippen molar-refractivity contribution >= 4 is 28.3 Å². The van der Waals surface area contributed by atoms with Gasteiger partial charge in [-0.15, -0.1) is 0 Å². The molecule has 1 amide bonds. The lowest BCUT2D eigenvalue weighted by Crippen LogP contribution is -2.32. The normalized spacial score (nSPS) is 10.9. The van der Waals surface area contributed by atoms with Gasteiger partial charge in [0.2, 0.25) is 0 Å². The number of aromatic nitrogens is 3. The van der Waals surface area contributed by atoms with Crippen molar-refractivity contribution in [1.29, 1.82) is 0 Å². The average molecular weight is 459 g/mol. The number of aryl methyl sites for hydroxylation is 1. The number of hydrogen-bond donors (Lipinski definition) is 0. The molecular formula is C23H27FN4O3S. The Balaban J connectivity index is 1.97. The topological polar surface area (TPSA) is 77.3 Å². The molecule has 9 heteroatoms. The Morgan fingerprint density at radius 2 is 1.94 bits per heavy atom. The van der Waals surface area contributed by atoms with Crippen LogP contribution in [0.15, 0.2) is 30.5 Å². The number of thiazole rings is 1.